The third-order valence-electron chi connectivity index (χ3n) is 1.27. The van der Waals surface area contributed by atoms with Crippen LogP contribution in [0.15, 0.2) is 12.1 Å². The van der Waals surface area contributed by atoms with Crippen molar-refractivity contribution < 1.29 is 13.9 Å². The number of rotatable bonds is 3. The van der Waals surface area contributed by atoms with Crippen LogP contribution in [0.2, 0.25) is 0 Å². The molecule has 1 heterocycles. The molecular formula is C8H8FNO2. The fourth-order valence-electron chi connectivity index (χ4n) is 0.745. The van der Waals surface area contributed by atoms with E-state index in [-0.39, 0.29) is 11.4 Å². The van der Waals surface area contributed by atoms with Crippen LogP contribution in [-0.4, -0.2) is 17.9 Å². The van der Waals surface area contributed by atoms with Gasteiger partial charge in [0, 0.05) is 6.07 Å². The van der Waals surface area contributed by atoms with Crippen LogP contribution >= 0.6 is 0 Å². The van der Waals surface area contributed by atoms with Crippen LogP contribution in [0.3, 0.4) is 0 Å². The smallest absolute Gasteiger partial charge is 0.226 e. The van der Waals surface area contributed by atoms with Crippen molar-refractivity contribution in [2.24, 2.45) is 0 Å². The summed E-state index contributed by atoms with van der Waals surface area (Å²) in [6, 6.07) is 2.79. The van der Waals surface area contributed by atoms with E-state index in [0.29, 0.717) is 12.9 Å². The van der Waals surface area contributed by atoms with E-state index in [1.54, 1.807) is 6.92 Å². The summed E-state index contributed by atoms with van der Waals surface area (Å²) in [7, 11) is 0. The van der Waals surface area contributed by atoms with Crippen molar-refractivity contribution in [1.29, 1.82) is 0 Å². The van der Waals surface area contributed by atoms with Gasteiger partial charge >= 0.3 is 0 Å². The van der Waals surface area contributed by atoms with Crippen LogP contribution < -0.4 is 4.74 Å². The summed E-state index contributed by atoms with van der Waals surface area (Å²) in [6.45, 7) is 2.19. The van der Waals surface area contributed by atoms with Gasteiger partial charge in [-0.05, 0) is 13.0 Å². The lowest BCUT2D eigenvalue weighted by atomic mass is 10.3. The molecule has 0 saturated heterocycles. The van der Waals surface area contributed by atoms with Gasteiger partial charge in [-0.3, -0.25) is 4.79 Å². The molecule has 64 valence electrons. The van der Waals surface area contributed by atoms with Crippen molar-refractivity contribution in [3.8, 4) is 5.88 Å². The van der Waals surface area contributed by atoms with Crippen LogP contribution in [0.5, 0.6) is 5.88 Å². The summed E-state index contributed by atoms with van der Waals surface area (Å²) in [5.41, 5.74) is -0.0570. The molecule has 0 unspecified atom stereocenters. The lowest BCUT2D eigenvalue weighted by Crippen LogP contribution is -1.98. The quantitative estimate of drug-likeness (QED) is 0.507. The molecule has 3 nitrogen and oxygen atoms in total. The Labute approximate surface area is 69.2 Å². The molecule has 0 radical (unpaired) electrons. The molecule has 0 aliphatic carbocycles. The van der Waals surface area contributed by atoms with Crippen molar-refractivity contribution in [1.82, 2.24) is 4.98 Å². The number of pyridine rings is 1. The first-order valence-electron chi connectivity index (χ1n) is 3.52. The molecule has 0 fully saturated rings. The van der Waals surface area contributed by atoms with E-state index in [4.69, 9.17) is 4.74 Å². The maximum Gasteiger partial charge on any atom is 0.226 e. The second-order valence-corrected chi connectivity index (χ2v) is 2.08. The molecule has 1 aromatic heterocycles. The number of aromatic nitrogens is 1. The number of ether oxygens (including phenoxy) is 1. The van der Waals surface area contributed by atoms with Gasteiger partial charge in [-0.15, -0.1) is 0 Å². The zero-order valence-electron chi connectivity index (χ0n) is 6.58. The molecule has 0 bridgehead atoms. The van der Waals surface area contributed by atoms with Gasteiger partial charge in [0.15, 0.2) is 6.29 Å². The molecule has 12 heavy (non-hydrogen) atoms. The van der Waals surface area contributed by atoms with Gasteiger partial charge in [-0.2, -0.15) is 9.37 Å². The predicted molar refractivity (Wildman–Crippen MR) is 40.8 cm³/mol. The molecule has 1 aromatic rings. The minimum absolute atomic E-state index is 0.0570. The minimum Gasteiger partial charge on any atom is -0.478 e. The maximum absolute atomic E-state index is 12.8. The number of hydrogen-bond donors (Lipinski definition) is 0. The topological polar surface area (TPSA) is 39.2 Å². The highest BCUT2D eigenvalue weighted by molar-refractivity contribution is 5.74. The van der Waals surface area contributed by atoms with Gasteiger partial charge < -0.3 is 4.74 Å². The van der Waals surface area contributed by atoms with Crippen LogP contribution in [0.1, 0.15) is 17.3 Å². The Morgan fingerprint density at radius 1 is 1.67 bits per heavy atom. The molecule has 4 heteroatoms. The van der Waals surface area contributed by atoms with Gasteiger partial charge in [0.25, 0.3) is 0 Å². The molecule has 0 N–H and O–H groups in total. The van der Waals surface area contributed by atoms with Gasteiger partial charge in [0.1, 0.15) is 0 Å². The van der Waals surface area contributed by atoms with Gasteiger partial charge in [0.05, 0.1) is 12.2 Å². The molecule has 0 spiro atoms. The number of aldehydes is 1. The van der Waals surface area contributed by atoms with E-state index < -0.39 is 5.95 Å². The molecule has 1 rings (SSSR count). The Kier molecular flexibility index (Phi) is 2.74. The standard InChI is InChI=1S/C8H8FNO2/c1-2-12-7-4-3-6(5-11)8(9)10-7/h3-5H,2H2,1H3. The molecule has 0 saturated carbocycles. The average Bonchev–Trinajstić information content (AvgIpc) is 2.05. The van der Waals surface area contributed by atoms with E-state index in [1.165, 1.54) is 12.1 Å². The molecule has 0 aliphatic rings. The summed E-state index contributed by atoms with van der Waals surface area (Å²) in [5, 5.41) is 0. The lowest BCUT2D eigenvalue weighted by molar-refractivity contribution is 0.111. The average molecular weight is 169 g/mol. The Morgan fingerprint density at radius 3 is 2.92 bits per heavy atom. The van der Waals surface area contributed by atoms with Crippen molar-refractivity contribution in [2.45, 2.75) is 6.92 Å². The zero-order valence-corrected chi connectivity index (χ0v) is 6.58. The van der Waals surface area contributed by atoms with E-state index in [9.17, 15) is 9.18 Å². The molecule has 0 atom stereocenters. The van der Waals surface area contributed by atoms with Crippen LogP contribution in [-0.2, 0) is 0 Å². The third kappa shape index (κ3) is 1.78. The first-order valence-corrected chi connectivity index (χ1v) is 3.52. The number of nitrogens with zero attached hydrogens (tertiary/aromatic N) is 1. The Balaban J connectivity index is 2.93. The van der Waals surface area contributed by atoms with Gasteiger partial charge in [0.2, 0.25) is 11.8 Å². The highest BCUT2D eigenvalue weighted by Crippen LogP contribution is 2.09. The van der Waals surface area contributed by atoms with E-state index in [0.717, 1.165) is 0 Å². The SMILES string of the molecule is CCOc1ccc(C=O)c(F)n1. The lowest BCUT2D eigenvalue weighted by Gasteiger charge is -2.01. The number of halogens is 1. The second kappa shape index (κ2) is 3.80. The van der Waals surface area contributed by atoms with E-state index in [2.05, 4.69) is 4.98 Å². The fraction of sp³-hybridized carbons (Fsp3) is 0.250. The Morgan fingerprint density at radius 2 is 2.42 bits per heavy atom. The van der Waals surface area contributed by atoms with E-state index >= 15 is 0 Å². The van der Waals surface area contributed by atoms with Gasteiger partial charge in [-0.1, -0.05) is 0 Å². The minimum atomic E-state index is -0.795. The van der Waals surface area contributed by atoms with E-state index in [1.807, 2.05) is 0 Å². The first kappa shape index (κ1) is 8.64. The highest BCUT2D eigenvalue weighted by atomic mass is 19.1. The normalized spacial score (nSPS) is 9.50. The summed E-state index contributed by atoms with van der Waals surface area (Å²) >= 11 is 0. The summed E-state index contributed by atoms with van der Waals surface area (Å²) in [5.74, 6) is -0.600. The first-order chi connectivity index (χ1) is 5.77. The molecule has 0 aliphatic heterocycles. The zero-order chi connectivity index (χ0) is 8.97. The number of hydrogen-bond acceptors (Lipinski definition) is 3. The van der Waals surface area contributed by atoms with Crippen molar-refractivity contribution in [3.63, 3.8) is 0 Å². The largest absolute Gasteiger partial charge is 0.478 e. The fourth-order valence-corrected chi connectivity index (χ4v) is 0.745. The van der Waals surface area contributed by atoms with Crippen molar-refractivity contribution in [2.75, 3.05) is 6.61 Å². The van der Waals surface area contributed by atoms with Crippen molar-refractivity contribution in [3.05, 3.63) is 23.6 Å². The predicted octanol–water partition coefficient (Wildman–Crippen LogP) is 1.43. The number of carbonyl (C=O) groups is 1. The second-order valence-electron chi connectivity index (χ2n) is 2.08. The van der Waals surface area contributed by atoms with Crippen LogP contribution in [0.4, 0.5) is 4.39 Å². The maximum atomic E-state index is 12.8. The highest BCUT2D eigenvalue weighted by Gasteiger charge is 2.03. The number of carbonyl (C=O) groups excluding carboxylic acids is 1. The van der Waals surface area contributed by atoms with Gasteiger partial charge in [-0.25, -0.2) is 0 Å². The summed E-state index contributed by atoms with van der Waals surface area (Å²) in [6.07, 6.45) is 0.415. The van der Waals surface area contributed by atoms with Crippen LogP contribution in [0.25, 0.3) is 0 Å². The molecular weight excluding hydrogens is 161 g/mol. The summed E-state index contributed by atoms with van der Waals surface area (Å²) in [4.78, 5) is 13.6. The summed E-state index contributed by atoms with van der Waals surface area (Å²) < 4.78 is 17.7. The van der Waals surface area contributed by atoms with Crippen molar-refractivity contribution >= 4 is 6.29 Å². The van der Waals surface area contributed by atoms with Crippen LogP contribution in [0, 0.1) is 5.95 Å². The molecule has 0 aromatic carbocycles. The molecule has 0 amide bonds. The third-order valence-corrected chi connectivity index (χ3v) is 1.27. The Bertz CT molecular complexity index is 288. The monoisotopic (exact) mass is 169 g/mol. The Hall–Kier alpha value is -1.45.